The zero-order valence-corrected chi connectivity index (χ0v) is 10.1. The molecule has 0 bridgehead atoms. The maximum Gasteiger partial charge on any atom is 0.0184 e. The first-order valence-corrected chi connectivity index (χ1v) is 7.04. The topological polar surface area (TPSA) is 15.3 Å². The van der Waals surface area contributed by atoms with Crippen LogP contribution in [0.25, 0.3) is 0 Å². The summed E-state index contributed by atoms with van der Waals surface area (Å²) in [6, 6.07) is 0. The van der Waals surface area contributed by atoms with Gasteiger partial charge in [-0.05, 0) is 44.1 Å². The van der Waals surface area contributed by atoms with Crippen LogP contribution in [0.5, 0.6) is 0 Å². The quantitative estimate of drug-likeness (QED) is 0.762. The lowest BCUT2D eigenvalue weighted by molar-refractivity contribution is 0.261. The van der Waals surface area contributed by atoms with E-state index in [2.05, 4.69) is 23.4 Å². The smallest absolute Gasteiger partial charge is 0.0184 e. The van der Waals surface area contributed by atoms with Gasteiger partial charge in [-0.2, -0.15) is 11.8 Å². The van der Waals surface area contributed by atoms with E-state index in [9.17, 15) is 0 Å². The number of likely N-dealkylation sites (tertiary alicyclic amines) is 1. The minimum atomic E-state index is 0.878. The molecule has 0 spiro atoms. The highest BCUT2D eigenvalue weighted by atomic mass is 32.2. The highest BCUT2D eigenvalue weighted by Crippen LogP contribution is 2.23. The summed E-state index contributed by atoms with van der Waals surface area (Å²) < 4.78 is 0. The fourth-order valence-corrected chi connectivity index (χ4v) is 3.30. The van der Waals surface area contributed by atoms with Crippen molar-refractivity contribution in [1.82, 2.24) is 10.2 Å². The van der Waals surface area contributed by atoms with Crippen LogP contribution in [-0.2, 0) is 0 Å². The van der Waals surface area contributed by atoms with Crippen molar-refractivity contribution in [3.8, 4) is 0 Å². The Balaban J connectivity index is 1.75. The Morgan fingerprint density at radius 2 is 2.29 bits per heavy atom. The number of nitrogens with zero attached hydrogens (tertiary/aromatic N) is 1. The molecule has 3 heteroatoms. The molecular formula is C11H22N2S. The van der Waals surface area contributed by atoms with Gasteiger partial charge >= 0.3 is 0 Å². The maximum absolute atomic E-state index is 3.49. The van der Waals surface area contributed by atoms with E-state index in [0.29, 0.717) is 0 Å². The highest BCUT2D eigenvalue weighted by molar-refractivity contribution is 7.99. The lowest BCUT2D eigenvalue weighted by atomic mass is 9.98. The molecule has 0 aromatic heterocycles. The van der Waals surface area contributed by atoms with Gasteiger partial charge in [-0.15, -0.1) is 0 Å². The average Bonchev–Trinajstić information content (AvgIpc) is 2.77. The van der Waals surface area contributed by atoms with Crippen molar-refractivity contribution < 1.29 is 0 Å². The van der Waals surface area contributed by atoms with Crippen LogP contribution in [-0.4, -0.2) is 49.1 Å². The van der Waals surface area contributed by atoms with Gasteiger partial charge in [0.25, 0.3) is 0 Å². The van der Waals surface area contributed by atoms with Crippen LogP contribution in [0, 0.1) is 11.8 Å². The molecule has 82 valence electrons. The van der Waals surface area contributed by atoms with Crippen molar-refractivity contribution in [2.45, 2.75) is 18.6 Å². The van der Waals surface area contributed by atoms with Gasteiger partial charge in [0.1, 0.15) is 0 Å². The number of nitrogens with one attached hydrogen (secondary N) is 1. The number of rotatable bonds is 3. The van der Waals surface area contributed by atoms with Crippen molar-refractivity contribution in [3.63, 3.8) is 0 Å². The maximum atomic E-state index is 3.49. The third kappa shape index (κ3) is 2.44. The van der Waals surface area contributed by atoms with Crippen LogP contribution in [0.15, 0.2) is 0 Å². The summed E-state index contributed by atoms with van der Waals surface area (Å²) in [7, 11) is 0. The van der Waals surface area contributed by atoms with Crippen LogP contribution in [0.1, 0.15) is 13.3 Å². The van der Waals surface area contributed by atoms with Gasteiger partial charge in [-0.25, -0.2) is 0 Å². The highest BCUT2D eigenvalue weighted by Gasteiger charge is 2.28. The minimum Gasteiger partial charge on any atom is -0.316 e. The van der Waals surface area contributed by atoms with Gasteiger partial charge < -0.3 is 10.2 Å². The molecule has 3 unspecified atom stereocenters. The van der Waals surface area contributed by atoms with E-state index >= 15 is 0 Å². The third-order valence-corrected chi connectivity index (χ3v) is 4.78. The Hall–Kier alpha value is 0.270. The standard InChI is InChI=1S/C11H22N2S/c1-9-5-12-6-10(9)7-13-4-3-11(8-13)14-2/h9-12H,3-8H2,1-2H3. The van der Waals surface area contributed by atoms with E-state index in [1.807, 2.05) is 11.8 Å². The van der Waals surface area contributed by atoms with Gasteiger partial charge in [0.05, 0.1) is 0 Å². The molecule has 2 aliphatic heterocycles. The van der Waals surface area contributed by atoms with E-state index in [0.717, 1.165) is 17.1 Å². The fourth-order valence-electron chi connectivity index (χ4n) is 2.60. The summed E-state index contributed by atoms with van der Waals surface area (Å²) in [6.45, 7) is 8.82. The van der Waals surface area contributed by atoms with E-state index < -0.39 is 0 Å². The zero-order valence-electron chi connectivity index (χ0n) is 9.33. The molecule has 1 N–H and O–H groups in total. The Labute approximate surface area is 91.8 Å². The monoisotopic (exact) mass is 214 g/mol. The van der Waals surface area contributed by atoms with Gasteiger partial charge in [-0.3, -0.25) is 0 Å². The van der Waals surface area contributed by atoms with E-state index in [1.54, 1.807) is 0 Å². The van der Waals surface area contributed by atoms with E-state index in [4.69, 9.17) is 0 Å². The lowest BCUT2D eigenvalue weighted by Gasteiger charge is -2.22. The molecule has 2 rings (SSSR count). The largest absolute Gasteiger partial charge is 0.316 e. The zero-order chi connectivity index (χ0) is 9.97. The first-order valence-electron chi connectivity index (χ1n) is 5.75. The Bertz CT molecular complexity index is 186. The molecule has 0 aliphatic carbocycles. The van der Waals surface area contributed by atoms with Crippen LogP contribution in [0.3, 0.4) is 0 Å². The van der Waals surface area contributed by atoms with Crippen LogP contribution >= 0.6 is 11.8 Å². The molecule has 2 nitrogen and oxygen atoms in total. The first-order chi connectivity index (χ1) is 6.79. The summed E-state index contributed by atoms with van der Waals surface area (Å²) in [5.74, 6) is 1.78. The molecule has 2 aliphatic rings. The van der Waals surface area contributed by atoms with Crippen molar-refractivity contribution >= 4 is 11.8 Å². The van der Waals surface area contributed by atoms with Gasteiger partial charge in [0, 0.05) is 18.3 Å². The molecule has 2 saturated heterocycles. The minimum absolute atomic E-state index is 0.878. The average molecular weight is 214 g/mol. The van der Waals surface area contributed by atoms with Crippen LogP contribution in [0.2, 0.25) is 0 Å². The molecule has 0 radical (unpaired) electrons. The number of thioether (sulfide) groups is 1. The number of hydrogen-bond donors (Lipinski definition) is 1. The van der Waals surface area contributed by atoms with Crippen molar-refractivity contribution in [1.29, 1.82) is 0 Å². The summed E-state index contributed by atoms with van der Waals surface area (Å²) in [4.78, 5) is 2.66. The summed E-state index contributed by atoms with van der Waals surface area (Å²) >= 11 is 2.04. The van der Waals surface area contributed by atoms with Gasteiger partial charge in [-0.1, -0.05) is 6.92 Å². The van der Waals surface area contributed by atoms with Crippen LogP contribution in [0.4, 0.5) is 0 Å². The Kier molecular flexibility index (Phi) is 3.74. The molecule has 2 heterocycles. The number of hydrogen-bond acceptors (Lipinski definition) is 3. The Morgan fingerprint density at radius 3 is 2.86 bits per heavy atom. The predicted octanol–water partition coefficient (Wildman–Crippen LogP) is 1.28. The molecular weight excluding hydrogens is 192 g/mol. The van der Waals surface area contributed by atoms with E-state index in [1.165, 1.54) is 39.1 Å². The molecule has 2 fully saturated rings. The Morgan fingerprint density at radius 1 is 1.43 bits per heavy atom. The summed E-state index contributed by atoms with van der Waals surface area (Å²) in [6.07, 6.45) is 3.64. The lowest BCUT2D eigenvalue weighted by Crippen LogP contribution is -2.31. The van der Waals surface area contributed by atoms with Crippen molar-refractivity contribution in [2.24, 2.45) is 11.8 Å². The van der Waals surface area contributed by atoms with Gasteiger partial charge in [0.15, 0.2) is 0 Å². The van der Waals surface area contributed by atoms with Crippen molar-refractivity contribution in [3.05, 3.63) is 0 Å². The second kappa shape index (κ2) is 4.86. The van der Waals surface area contributed by atoms with Crippen molar-refractivity contribution in [2.75, 3.05) is 39.0 Å². The third-order valence-electron chi connectivity index (χ3n) is 3.73. The normalized spacial score (nSPS) is 39.4. The molecule has 0 saturated carbocycles. The summed E-state index contributed by atoms with van der Waals surface area (Å²) in [5, 5.41) is 4.39. The first kappa shape index (κ1) is 10.8. The van der Waals surface area contributed by atoms with Gasteiger partial charge in [0.2, 0.25) is 0 Å². The molecule has 0 aromatic rings. The second-order valence-electron chi connectivity index (χ2n) is 4.80. The SMILES string of the molecule is CSC1CCN(CC2CNCC2C)C1. The molecule has 0 amide bonds. The molecule has 3 atom stereocenters. The predicted molar refractivity (Wildman–Crippen MR) is 63.9 cm³/mol. The summed E-state index contributed by atoms with van der Waals surface area (Å²) in [5.41, 5.74) is 0. The molecule has 14 heavy (non-hydrogen) atoms. The van der Waals surface area contributed by atoms with E-state index in [-0.39, 0.29) is 0 Å². The second-order valence-corrected chi connectivity index (χ2v) is 5.94. The van der Waals surface area contributed by atoms with Crippen LogP contribution < -0.4 is 5.32 Å². The molecule has 0 aromatic carbocycles. The fraction of sp³-hybridized carbons (Fsp3) is 1.00.